The summed E-state index contributed by atoms with van der Waals surface area (Å²) < 4.78 is 7.06. The lowest BCUT2D eigenvalue weighted by Gasteiger charge is -2.32. The van der Waals surface area contributed by atoms with E-state index in [1.165, 1.54) is 11.1 Å². The fraction of sp³-hybridized carbons (Fsp3) is 0.353. The van der Waals surface area contributed by atoms with Gasteiger partial charge in [-0.3, -0.25) is 4.98 Å². The molecule has 1 aliphatic heterocycles. The average Bonchev–Trinajstić information content (AvgIpc) is 2.54. The molecule has 0 radical (unpaired) electrons. The molecule has 1 aliphatic rings. The van der Waals surface area contributed by atoms with Crippen LogP contribution in [0, 0.1) is 0 Å². The quantitative estimate of drug-likeness (QED) is 0.922. The van der Waals surface area contributed by atoms with Crippen molar-refractivity contribution in [3.8, 4) is 0 Å². The lowest BCUT2D eigenvalue weighted by atomic mass is 9.91. The van der Waals surface area contributed by atoms with E-state index in [1.807, 2.05) is 19.3 Å². The van der Waals surface area contributed by atoms with Gasteiger partial charge in [0.1, 0.15) is 0 Å². The van der Waals surface area contributed by atoms with Gasteiger partial charge < -0.3 is 10.1 Å². The molecule has 4 heteroatoms. The highest BCUT2D eigenvalue weighted by Crippen LogP contribution is 2.30. The first-order valence-electron chi connectivity index (χ1n) is 7.25. The highest BCUT2D eigenvalue weighted by molar-refractivity contribution is 9.10. The van der Waals surface area contributed by atoms with Crippen LogP contribution in [0.4, 0.5) is 0 Å². The minimum Gasteiger partial charge on any atom is -0.372 e. The number of hydrogen-bond acceptors (Lipinski definition) is 3. The van der Waals surface area contributed by atoms with Crippen LogP contribution in [0.3, 0.4) is 0 Å². The van der Waals surface area contributed by atoms with Crippen molar-refractivity contribution in [1.82, 2.24) is 10.3 Å². The zero-order chi connectivity index (χ0) is 14.7. The second kappa shape index (κ2) is 6.69. The van der Waals surface area contributed by atoms with E-state index in [1.54, 1.807) is 0 Å². The molecular formula is C17H19BrN2O. The fourth-order valence-electron chi connectivity index (χ4n) is 2.87. The number of pyridine rings is 1. The Morgan fingerprint density at radius 1 is 1.33 bits per heavy atom. The average molecular weight is 347 g/mol. The molecule has 3 nitrogen and oxygen atoms in total. The summed E-state index contributed by atoms with van der Waals surface area (Å²) in [5, 5.41) is 3.40. The Morgan fingerprint density at radius 2 is 2.19 bits per heavy atom. The van der Waals surface area contributed by atoms with Gasteiger partial charge in [-0.2, -0.15) is 0 Å². The molecule has 0 spiro atoms. The Labute approximate surface area is 133 Å². The molecule has 0 aliphatic carbocycles. The van der Waals surface area contributed by atoms with Gasteiger partial charge in [-0.15, -0.1) is 0 Å². The van der Waals surface area contributed by atoms with Crippen molar-refractivity contribution in [1.29, 1.82) is 0 Å². The van der Waals surface area contributed by atoms with Crippen molar-refractivity contribution in [2.75, 3.05) is 13.7 Å². The number of ether oxygens (including phenoxy) is 1. The summed E-state index contributed by atoms with van der Waals surface area (Å²) in [7, 11) is 1.99. The van der Waals surface area contributed by atoms with E-state index in [-0.39, 0.29) is 12.1 Å². The van der Waals surface area contributed by atoms with Crippen molar-refractivity contribution < 1.29 is 4.74 Å². The third-order valence-electron chi connectivity index (χ3n) is 3.98. The standard InChI is InChI=1S/C17H19BrN2O/c1-19-16(10-14-7-6-13(18)11-20-14)17-15-5-3-2-4-12(15)8-9-21-17/h2-7,11,16-17,19H,8-10H2,1H3. The van der Waals surface area contributed by atoms with E-state index in [0.717, 1.165) is 29.6 Å². The number of likely N-dealkylation sites (N-methyl/N-ethyl adjacent to an activating group) is 1. The van der Waals surface area contributed by atoms with Crippen LogP contribution in [0.15, 0.2) is 47.1 Å². The van der Waals surface area contributed by atoms with Crippen LogP contribution in [-0.2, 0) is 17.6 Å². The first kappa shape index (κ1) is 14.7. The topological polar surface area (TPSA) is 34.2 Å². The number of benzene rings is 1. The molecule has 2 atom stereocenters. The van der Waals surface area contributed by atoms with Crippen LogP contribution in [0.5, 0.6) is 0 Å². The van der Waals surface area contributed by atoms with Crippen LogP contribution in [0.25, 0.3) is 0 Å². The first-order chi connectivity index (χ1) is 10.3. The minimum absolute atomic E-state index is 0.0883. The molecule has 0 saturated heterocycles. The summed E-state index contributed by atoms with van der Waals surface area (Å²) in [6.07, 6.45) is 3.78. The van der Waals surface area contributed by atoms with Gasteiger partial charge in [-0.25, -0.2) is 0 Å². The van der Waals surface area contributed by atoms with Crippen LogP contribution >= 0.6 is 15.9 Å². The Hall–Kier alpha value is -1.23. The lowest BCUT2D eigenvalue weighted by molar-refractivity contribution is 0.0170. The third kappa shape index (κ3) is 3.34. The maximum absolute atomic E-state index is 6.05. The van der Waals surface area contributed by atoms with Gasteiger partial charge in [0.25, 0.3) is 0 Å². The number of hydrogen-bond donors (Lipinski definition) is 1. The molecule has 2 aromatic rings. The van der Waals surface area contributed by atoms with E-state index >= 15 is 0 Å². The minimum atomic E-state index is 0.0883. The smallest absolute Gasteiger partial charge is 0.0984 e. The van der Waals surface area contributed by atoms with Gasteiger partial charge >= 0.3 is 0 Å². The fourth-order valence-corrected chi connectivity index (χ4v) is 3.11. The largest absolute Gasteiger partial charge is 0.372 e. The van der Waals surface area contributed by atoms with Crippen molar-refractivity contribution in [2.24, 2.45) is 0 Å². The monoisotopic (exact) mass is 346 g/mol. The second-order valence-corrected chi connectivity index (χ2v) is 6.22. The number of aromatic nitrogens is 1. The maximum atomic E-state index is 6.05. The van der Waals surface area contributed by atoms with E-state index < -0.39 is 0 Å². The summed E-state index contributed by atoms with van der Waals surface area (Å²) in [5.41, 5.74) is 3.78. The Morgan fingerprint density at radius 3 is 2.95 bits per heavy atom. The molecule has 21 heavy (non-hydrogen) atoms. The molecule has 0 fully saturated rings. The molecule has 0 amide bonds. The third-order valence-corrected chi connectivity index (χ3v) is 4.45. The molecule has 110 valence electrons. The van der Waals surface area contributed by atoms with Gasteiger partial charge in [-0.05, 0) is 52.7 Å². The zero-order valence-corrected chi connectivity index (χ0v) is 13.6. The summed E-state index contributed by atoms with van der Waals surface area (Å²) in [4.78, 5) is 4.47. The van der Waals surface area contributed by atoms with E-state index in [2.05, 4.69) is 56.6 Å². The molecule has 1 N–H and O–H groups in total. The van der Waals surface area contributed by atoms with Crippen molar-refractivity contribution >= 4 is 15.9 Å². The molecule has 2 heterocycles. The molecule has 1 aromatic heterocycles. The maximum Gasteiger partial charge on any atom is 0.0984 e. The van der Waals surface area contributed by atoms with Gasteiger partial charge in [0, 0.05) is 28.8 Å². The number of fused-ring (bicyclic) bond motifs is 1. The van der Waals surface area contributed by atoms with Crippen molar-refractivity contribution in [3.63, 3.8) is 0 Å². The highest BCUT2D eigenvalue weighted by atomic mass is 79.9. The molecule has 1 aromatic carbocycles. The van der Waals surface area contributed by atoms with Gasteiger partial charge in [0.2, 0.25) is 0 Å². The Balaban J connectivity index is 1.82. The molecule has 3 rings (SSSR count). The Bertz CT molecular complexity index is 600. The van der Waals surface area contributed by atoms with E-state index in [9.17, 15) is 0 Å². The molecular weight excluding hydrogens is 328 g/mol. The highest BCUT2D eigenvalue weighted by Gasteiger charge is 2.28. The van der Waals surface area contributed by atoms with Crippen LogP contribution < -0.4 is 5.32 Å². The summed E-state index contributed by atoms with van der Waals surface area (Å²) in [6.45, 7) is 0.785. The number of nitrogens with one attached hydrogen (secondary N) is 1. The summed E-state index contributed by atoms with van der Waals surface area (Å²) in [5.74, 6) is 0. The summed E-state index contributed by atoms with van der Waals surface area (Å²) >= 11 is 3.42. The van der Waals surface area contributed by atoms with E-state index in [0.29, 0.717) is 0 Å². The molecule has 2 unspecified atom stereocenters. The Kier molecular flexibility index (Phi) is 4.68. The zero-order valence-electron chi connectivity index (χ0n) is 12.1. The first-order valence-corrected chi connectivity index (χ1v) is 8.04. The predicted molar refractivity (Wildman–Crippen MR) is 87.3 cm³/mol. The van der Waals surface area contributed by atoms with Gasteiger partial charge in [0.15, 0.2) is 0 Å². The van der Waals surface area contributed by atoms with E-state index in [4.69, 9.17) is 4.74 Å². The van der Waals surface area contributed by atoms with Crippen LogP contribution in [0.2, 0.25) is 0 Å². The van der Waals surface area contributed by atoms with Crippen LogP contribution in [-0.4, -0.2) is 24.7 Å². The lowest BCUT2D eigenvalue weighted by Crippen LogP contribution is -2.38. The molecule has 0 bridgehead atoms. The van der Waals surface area contributed by atoms with Crippen molar-refractivity contribution in [2.45, 2.75) is 25.0 Å². The summed E-state index contributed by atoms with van der Waals surface area (Å²) in [6, 6.07) is 12.9. The second-order valence-electron chi connectivity index (χ2n) is 5.31. The normalized spacial score (nSPS) is 19.0. The SMILES string of the molecule is CNC(Cc1ccc(Br)cn1)C1OCCc2ccccc21. The number of nitrogens with zero attached hydrogens (tertiary/aromatic N) is 1. The van der Waals surface area contributed by atoms with Crippen LogP contribution in [0.1, 0.15) is 22.9 Å². The predicted octanol–water partition coefficient (Wildman–Crippen LogP) is 3.29. The number of rotatable bonds is 4. The number of halogens is 1. The van der Waals surface area contributed by atoms with Gasteiger partial charge in [-0.1, -0.05) is 24.3 Å². The van der Waals surface area contributed by atoms with Gasteiger partial charge in [0.05, 0.1) is 12.7 Å². The van der Waals surface area contributed by atoms with Crippen molar-refractivity contribution in [3.05, 3.63) is 63.9 Å². The molecule has 0 saturated carbocycles.